The van der Waals surface area contributed by atoms with Crippen molar-refractivity contribution in [2.75, 3.05) is 0 Å². The molecule has 17 heavy (non-hydrogen) atoms. The minimum atomic E-state index is -4.10. The first kappa shape index (κ1) is 16.0. The molecule has 0 saturated carbocycles. The fourth-order valence-corrected chi connectivity index (χ4v) is 1.24. The van der Waals surface area contributed by atoms with Crippen molar-refractivity contribution in [1.82, 2.24) is 0 Å². The Kier molecular flexibility index (Phi) is 7.61. The van der Waals surface area contributed by atoms with E-state index in [1.54, 1.807) is 0 Å². The van der Waals surface area contributed by atoms with Gasteiger partial charge in [0.2, 0.25) is 6.29 Å². The van der Waals surface area contributed by atoms with E-state index in [0.29, 0.717) is 19.3 Å². The molecule has 0 spiro atoms. The van der Waals surface area contributed by atoms with Crippen LogP contribution in [0.15, 0.2) is 12.7 Å². The van der Waals surface area contributed by atoms with Crippen molar-refractivity contribution < 1.29 is 27.8 Å². The fraction of sp³-hybridized carbons (Fsp3) is 0.727. The number of aliphatic hydroxyl groups is 1. The molecule has 0 rings (SSSR count). The molecule has 0 saturated heterocycles. The highest BCUT2D eigenvalue weighted by Crippen LogP contribution is 2.23. The molecule has 6 heteroatoms. The number of alkyl halides is 3. The third kappa shape index (κ3) is 11.2. The molecule has 0 fully saturated rings. The number of rotatable bonds is 8. The van der Waals surface area contributed by atoms with Gasteiger partial charge in [-0.15, -0.1) is 0 Å². The molecule has 0 radical (unpaired) electrons. The molecule has 0 aromatic rings. The van der Waals surface area contributed by atoms with Crippen molar-refractivity contribution in [3.8, 4) is 0 Å². The first-order chi connectivity index (χ1) is 7.85. The van der Waals surface area contributed by atoms with Crippen molar-refractivity contribution >= 4 is 5.97 Å². The summed E-state index contributed by atoms with van der Waals surface area (Å²) in [6.45, 7) is 3.17. The maximum atomic E-state index is 11.8. The normalized spacial score (nSPS) is 13.2. The van der Waals surface area contributed by atoms with Gasteiger partial charge in [-0.3, -0.25) is 0 Å². The van der Waals surface area contributed by atoms with E-state index in [9.17, 15) is 18.0 Å². The van der Waals surface area contributed by atoms with Gasteiger partial charge < -0.3 is 9.84 Å². The summed E-state index contributed by atoms with van der Waals surface area (Å²) >= 11 is 0. The number of ether oxygens (including phenoxy) is 1. The number of esters is 1. The van der Waals surface area contributed by atoms with E-state index >= 15 is 0 Å². The van der Waals surface area contributed by atoms with Crippen LogP contribution in [-0.4, -0.2) is 23.5 Å². The number of carbonyl (C=O) groups excluding carboxylic acids is 1. The summed E-state index contributed by atoms with van der Waals surface area (Å²) in [7, 11) is 0. The lowest BCUT2D eigenvalue weighted by molar-refractivity contribution is -0.162. The third-order valence-corrected chi connectivity index (χ3v) is 2.08. The maximum absolute atomic E-state index is 11.8. The molecule has 0 aromatic carbocycles. The monoisotopic (exact) mass is 254 g/mol. The minimum Gasteiger partial charge on any atom is -0.433 e. The zero-order chi connectivity index (χ0) is 13.3. The van der Waals surface area contributed by atoms with Gasteiger partial charge in [-0.1, -0.05) is 19.4 Å². The van der Waals surface area contributed by atoms with Crippen LogP contribution in [0.3, 0.4) is 0 Å². The summed E-state index contributed by atoms with van der Waals surface area (Å²) in [5.74, 6) is -0.713. The van der Waals surface area contributed by atoms with E-state index in [1.165, 1.54) is 0 Å². The Bertz CT molecular complexity index is 239. The van der Waals surface area contributed by atoms with E-state index < -0.39 is 24.9 Å². The number of aliphatic hydroxyl groups excluding tert-OH is 1. The van der Waals surface area contributed by atoms with Crippen LogP contribution in [-0.2, 0) is 9.53 Å². The molecule has 1 unspecified atom stereocenters. The fourth-order valence-electron chi connectivity index (χ4n) is 1.24. The minimum absolute atomic E-state index is 0.0893. The second-order valence-corrected chi connectivity index (χ2v) is 3.66. The first-order valence-electron chi connectivity index (χ1n) is 5.43. The van der Waals surface area contributed by atoms with Crippen LogP contribution in [0.5, 0.6) is 0 Å². The zero-order valence-corrected chi connectivity index (χ0v) is 9.50. The zero-order valence-electron chi connectivity index (χ0n) is 9.50. The molecule has 0 heterocycles. The van der Waals surface area contributed by atoms with Gasteiger partial charge in [0, 0.05) is 18.9 Å². The highest BCUT2D eigenvalue weighted by atomic mass is 19.4. The van der Waals surface area contributed by atoms with Crippen molar-refractivity contribution in [3.63, 3.8) is 0 Å². The van der Waals surface area contributed by atoms with Crippen molar-refractivity contribution in [2.45, 2.75) is 51.0 Å². The lowest BCUT2D eigenvalue weighted by atomic mass is 10.1. The van der Waals surface area contributed by atoms with E-state index in [0.717, 1.165) is 6.08 Å². The number of unbranched alkanes of at least 4 members (excludes halogenated alkanes) is 3. The first-order valence-corrected chi connectivity index (χ1v) is 5.43. The van der Waals surface area contributed by atoms with Gasteiger partial charge in [-0.05, 0) is 12.8 Å². The Morgan fingerprint density at radius 1 is 1.29 bits per heavy atom. The average Bonchev–Trinajstić information content (AvgIpc) is 2.21. The van der Waals surface area contributed by atoms with Crippen LogP contribution in [0.2, 0.25) is 0 Å². The van der Waals surface area contributed by atoms with E-state index in [4.69, 9.17) is 5.11 Å². The summed E-state index contributed by atoms with van der Waals surface area (Å²) in [4.78, 5) is 10.6. The van der Waals surface area contributed by atoms with E-state index in [2.05, 4.69) is 11.3 Å². The lowest BCUT2D eigenvalue weighted by Crippen LogP contribution is -2.15. The summed E-state index contributed by atoms with van der Waals surface area (Å²) in [5.41, 5.74) is 0. The van der Waals surface area contributed by atoms with Crippen molar-refractivity contribution in [1.29, 1.82) is 0 Å². The molecular formula is C11H17F3O3. The highest BCUT2D eigenvalue weighted by molar-refractivity contribution is 5.81. The van der Waals surface area contributed by atoms with Gasteiger partial charge in [0.15, 0.2) is 0 Å². The molecule has 0 bridgehead atoms. The Hall–Kier alpha value is -1.04. The molecule has 3 nitrogen and oxygen atoms in total. The molecule has 0 aliphatic rings. The number of halogens is 3. The number of carbonyl (C=O) groups is 1. The predicted octanol–water partition coefficient (Wildman–Crippen LogP) is 2.94. The van der Waals surface area contributed by atoms with Gasteiger partial charge in [0.05, 0.1) is 0 Å². The summed E-state index contributed by atoms with van der Waals surface area (Å²) in [6.07, 6.45) is -3.29. The van der Waals surface area contributed by atoms with Crippen molar-refractivity contribution in [2.24, 2.45) is 0 Å². The van der Waals surface area contributed by atoms with E-state index in [1.807, 2.05) is 0 Å². The highest BCUT2D eigenvalue weighted by Gasteiger charge is 2.25. The quantitative estimate of drug-likeness (QED) is 0.313. The molecule has 0 aliphatic carbocycles. The van der Waals surface area contributed by atoms with Gasteiger partial charge in [-0.25, -0.2) is 4.79 Å². The average molecular weight is 254 g/mol. The Labute approximate surface area is 98.3 Å². The van der Waals surface area contributed by atoms with Gasteiger partial charge >= 0.3 is 12.1 Å². The van der Waals surface area contributed by atoms with Crippen molar-refractivity contribution in [3.05, 3.63) is 12.7 Å². The van der Waals surface area contributed by atoms with Gasteiger partial charge in [0.25, 0.3) is 0 Å². The Morgan fingerprint density at radius 3 is 2.41 bits per heavy atom. The lowest BCUT2D eigenvalue weighted by Gasteiger charge is -2.10. The van der Waals surface area contributed by atoms with Crippen LogP contribution in [0.25, 0.3) is 0 Å². The van der Waals surface area contributed by atoms with Crippen LogP contribution in [0, 0.1) is 0 Å². The second-order valence-electron chi connectivity index (χ2n) is 3.66. The predicted molar refractivity (Wildman–Crippen MR) is 56.1 cm³/mol. The molecule has 0 aliphatic heterocycles. The topological polar surface area (TPSA) is 46.5 Å². The second kappa shape index (κ2) is 8.11. The Morgan fingerprint density at radius 2 is 1.88 bits per heavy atom. The molecule has 0 amide bonds. The molecule has 0 aromatic heterocycles. The van der Waals surface area contributed by atoms with Gasteiger partial charge in [0.1, 0.15) is 0 Å². The van der Waals surface area contributed by atoms with E-state index in [-0.39, 0.29) is 12.8 Å². The van der Waals surface area contributed by atoms with Crippen LogP contribution < -0.4 is 0 Å². The van der Waals surface area contributed by atoms with Crippen LogP contribution in [0.4, 0.5) is 13.2 Å². The smallest absolute Gasteiger partial charge is 0.389 e. The number of hydrogen-bond acceptors (Lipinski definition) is 3. The van der Waals surface area contributed by atoms with Gasteiger partial charge in [-0.2, -0.15) is 13.2 Å². The third-order valence-electron chi connectivity index (χ3n) is 2.08. The largest absolute Gasteiger partial charge is 0.433 e. The molecular weight excluding hydrogens is 237 g/mol. The molecule has 1 N–H and O–H groups in total. The summed E-state index contributed by atoms with van der Waals surface area (Å²) in [5, 5.41) is 9.17. The SMILES string of the molecule is C=CC(=O)OC(O)CCCCCCC(F)(F)F. The number of hydrogen-bond donors (Lipinski definition) is 1. The van der Waals surface area contributed by atoms with Crippen LogP contribution >= 0.6 is 0 Å². The maximum Gasteiger partial charge on any atom is 0.389 e. The van der Waals surface area contributed by atoms with Crippen LogP contribution in [0.1, 0.15) is 38.5 Å². The molecule has 100 valence electrons. The summed E-state index contributed by atoms with van der Waals surface area (Å²) < 4.78 is 39.8. The summed E-state index contributed by atoms with van der Waals surface area (Å²) in [6, 6.07) is 0. The molecule has 1 atom stereocenters. The Balaban J connectivity index is 3.39. The standard InChI is InChI=1S/C11H17F3O3/c1-2-9(15)17-10(16)7-5-3-4-6-8-11(12,13)14/h2,10,16H,1,3-8H2.